The summed E-state index contributed by atoms with van der Waals surface area (Å²) in [5, 5.41) is 0. The van der Waals surface area contributed by atoms with Crippen LogP contribution in [0.5, 0.6) is 0 Å². The maximum atomic E-state index is 12.5. The van der Waals surface area contributed by atoms with E-state index >= 15 is 0 Å². The molecule has 0 radical (unpaired) electrons. The summed E-state index contributed by atoms with van der Waals surface area (Å²) in [4.78, 5) is 14.2. The fourth-order valence-electron chi connectivity index (χ4n) is 1.98. The van der Waals surface area contributed by atoms with Crippen LogP contribution in [-0.2, 0) is 10.0 Å². The van der Waals surface area contributed by atoms with Crippen LogP contribution < -0.4 is 5.43 Å². The minimum absolute atomic E-state index is 0.0768. The van der Waals surface area contributed by atoms with E-state index < -0.39 is 15.5 Å². The molecule has 0 aromatic carbocycles. The number of pyridine rings is 1. The van der Waals surface area contributed by atoms with Crippen LogP contribution >= 0.6 is 11.8 Å². The van der Waals surface area contributed by atoms with Crippen LogP contribution in [0.3, 0.4) is 0 Å². The van der Waals surface area contributed by atoms with Gasteiger partial charge in [-0.05, 0) is 6.42 Å². The Kier molecular flexibility index (Phi) is 4.08. The third-order valence-corrected chi connectivity index (χ3v) is 6.49. The fourth-order valence-corrected chi connectivity index (χ4v) is 4.68. The van der Waals surface area contributed by atoms with Gasteiger partial charge in [0, 0.05) is 42.0 Å². The molecule has 106 valence electrons. The number of aromatic nitrogens is 1. The topological polar surface area (TPSA) is 70.2 Å². The number of sulfonamides is 1. The molecular formula is C12H18N2O3S2. The second-order valence-electron chi connectivity index (χ2n) is 5.14. The molecule has 0 spiro atoms. The lowest BCUT2D eigenvalue weighted by Crippen LogP contribution is -2.36. The lowest BCUT2D eigenvalue weighted by atomic mass is 10.1. The Morgan fingerprint density at radius 1 is 1.37 bits per heavy atom. The molecule has 0 amide bonds. The predicted molar refractivity (Wildman–Crippen MR) is 77.0 cm³/mol. The Hall–Kier alpha value is -0.790. The van der Waals surface area contributed by atoms with Gasteiger partial charge in [0.15, 0.2) is 0 Å². The average Bonchev–Trinajstić information content (AvgIpc) is 2.51. The quantitative estimate of drug-likeness (QED) is 0.893. The molecule has 19 heavy (non-hydrogen) atoms. The molecule has 2 heterocycles. The Bertz CT molecular complexity index is 607. The van der Waals surface area contributed by atoms with Crippen LogP contribution in [0.25, 0.3) is 0 Å². The van der Waals surface area contributed by atoms with Crippen LogP contribution in [0.4, 0.5) is 0 Å². The Morgan fingerprint density at radius 3 is 2.79 bits per heavy atom. The van der Waals surface area contributed by atoms with E-state index in [-0.39, 0.29) is 9.64 Å². The monoisotopic (exact) mass is 302 g/mol. The van der Waals surface area contributed by atoms with Crippen molar-refractivity contribution in [3.8, 4) is 0 Å². The number of nitrogens with zero attached hydrogens (tertiary/aromatic N) is 1. The summed E-state index contributed by atoms with van der Waals surface area (Å²) in [6, 6.07) is 1.24. The molecule has 1 fully saturated rings. The number of rotatable bonds is 2. The molecule has 0 atom stereocenters. The van der Waals surface area contributed by atoms with E-state index in [0.717, 1.165) is 12.2 Å². The average molecular weight is 302 g/mol. The fraction of sp³-hybridized carbons (Fsp3) is 0.583. The van der Waals surface area contributed by atoms with E-state index in [1.54, 1.807) is 11.8 Å². The first-order chi connectivity index (χ1) is 8.83. The molecule has 1 N–H and O–H groups in total. The van der Waals surface area contributed by atoms with Gasteiger partial charge in [-0.25, -0.2) is 8.42 Å². The summed E-state index contributed by atoms with van der Waals surface area (Å²) in [6.45, 7) is 5.13. The van der Waals surface area contributed by atoms with Crippen LogP contribution in [-0.4, -0.2) is 41.3 Å². The molecule has 7 heteroatoms. The van der Waals surface area contributed by atoms with Gasteiger partial charge in [0.05, 0.1) is 0 Å². The second-order valence-corrected chi connectivity index (χ2v) is 8.84. The van der Waals surface area contributed by atoms with Crippen molar-refractivity contribution < 1.29 is 8.42 Å². The summed E-state index contributed by atoms with van der Waals surface area (Å²) in [5.74, 6) is 0.747. The van der Waals surface area contributed by atoms with Crippen LogP contribution in [0, 0.1) is 0 Å². The molecule has 0 aliphatic carbocycles. The molecule has 1 aliphatic heterocycles. The van der Waals surface area contributed by atoms with E-state index in [9.17, 15) is 13.2 Å². The Balaban J connectivity index is 2.31. The molecule has 2 rings (SSSR count). The van der Waals surface area contributed by atoms with Gasteiger partial charge in [0.1, 0.15) is 4.90 Å². The van der Waals surface area contributed by atoms with Crippen molar-refractivity contribution in [2.24, 2.45) is 0 Å². The number of hydrogen-bond acceptors (Lipinski definition) is 4. The minimum atomic E-state index is -3.69. The van der Waals surface area contributed by atoms with Gasteiger partial charge in [-0.3, -0.25) is 4.79 Å². The standard InChI is InChI=1S/C12H18N2O3S2/c1-12(2)4-6-14(7-8-18-12)19(16,17)11-9-13-5-3-10(11)15/h3,5,9H,4,6-8H2,1-2H3,(H,13,15). The van der Waals surface area contributed by atoms with Gasteiger partial charge >= 0.3 is 0 Å². The summed E-state index contributed by atoms with van der Waals surface area (Å²) >= 11 is 1.77. The first-order valence-corrected chi connectivity index (χ1v) is 8.57. The third kappa shape index (κ3) is 3.21. The zero-order valence-electron chi connectivity index (χ0n) is 11.0. The molecule has 1 aliphatic rings. The van der Waals surface area contributed by atoms with Crippen LogP contribution in [0.1, 0.15) is 20.3 Å². The number of hydrogen-bond donors (Lipinski definition) is 1. The maximum Gasteiger partial charge on any atom is 0.248 e. The lowest BCUT2D eigenvalue weighted by Gasteiger charge is -2.22. The third-order valence-electron chi connectivity index (χ3n) is 3.20. The van der Waals surface area contributed by atoms with Crippen molar-refractivity contribution >= 4 is 21.8 Å². The minimum Gasteiger partial charge on any atom is -0.366 e. The number of aromatic amines is 1. The molecule has 0 bridgehead atoms. The normalized spacial score (nSPS) is 20.9. The summed E-state index contributed by atoms with van der Waals surface area (Å²) in [6.07, 6.45) is 3.48. The van der Waals surface area contributed by atoms with Crippen molar-refractivity contribution in [3.63, 3.8) is 0 Å². The summed E-state index contributed by atoms with van der Waals surface area (Å²) in [7, 11) is -3.69. The molecule has 1 saturated heterocycles. The first kappa shape index (κ1) is 14.6. The van der Waals surface area contributed by atoms with Gasteiger partial charge in [-0.2, -0.15) is 16.1 Å². The van der Waals surface area contributed by atoms with E-state index in [2.05, 4.69) is 18.8 Å². The maximum absolute atomic E-state index is 12.5. The van der Waals surface area contributed by atoms with Gasteiger partial charge < -0.3 is 4.98 Å². The SMILES string of the molecule is CC1(C)CCN(S(=O)(=O)c2c[nH]ccc2=O)CCS1. The van der Waals surface area contributed by atoms with E-state index in [4.69, 9.17) is 0 Å². The molecule has 5 nitrogen and oxygen atoms in total. The zero-order chi connectivity index (χ0) is 14.1. The summed E-state index contributed by atoms with van der Waals surface area (Å²) in [5.41, 5.74) is -0.463. The predicted octanol–water partition coefficient (Wildman–Crippen LogP) is 1.28. The second kappa shape index (κ2) is 5.30. The molecule has 0 unspecified atom stereocenters. The highest BCUT2D eigenvalue weighted by Gasteiger charge is 2.31. The highest BCUT2D eigenvalue weighted by Crippen LogP contribution is 2.31. The zero-order valence-corrected chi connectivity index (χ0v) is 12.7. The molecule has 0 saturated carbocycles. The van der Waals surface area contributed by atoms with Crippen LogP contribution in [0.15, 0.2) is 28.2 Å². The Labute approximate surface area is 117 Å². The van der Waals surface area contributed by atoms with Crippen molar-refractivity contribution in [1.29, 1.82) is 0 Å². The van der Waals surface area contributed by atoms with Crippen molar-refractivity contribution in [2.75, 3.05) is 18.8 Å². The van der Waals surface area contributed by atoms with Crippen LogP contribution in [0.2, 0.25) is 0 Å². The Morgan fingerprint density at radius 2 is 2.11 bits per heavy atom. The van der Waals surface area contributed by atoms with E-state index in [1.165, 1.54) is 22.8 Å². The highest BCUT2D eigenvalue weighted by molar-refractivity contribution is 8.00. The van der Waals surface area contributed by atoms with Crippen molar-refractivity contribution in [3.05, 3.63) is 28.7 Å². The lowest BCUT2D eigenvalue weighted by molar-refractivity contribution is 0.415. The largest absolute Gasteiger partial charge is 0.366 e. The molecular weight excluding hydrogens is 284 g/mol. The first-order valence-electron chi connectivity index (χ1n) is 6.14. The number of H-pyrrole nitrogens is 1. The number of nitrogens with one attached hydrogen (secondary N) is 1. The van der Waals surface area contributed by atoms with Gasteiger partial charge in [0.2, 0.25) is 15.5 Å². The number of thioether (sulfide) groups is 1. The molecule has 1 aromatic heterocycles. The molecule has 1 aromatic rings. The van der Waals surface area contributed by atoms with Gasteiger partial charge in [-0.1, -0.05) is 13.8 Å². The summed E-state index contributed by atoms with van der Waals surface area (Å²) < 4.78 is 26.4. The van der Waals surface area contributed by atoms with Crippen molar-refractivity contribution in [1.82, 2.24) is 9.29 Å². The van der Waals surface area contributed by atoms with Crippen molar-refractivity contribution in [2.45, 2.75) is 29.9 Å². The van der Waals surface area contributed by atoms with Gasteiger partial charge in [0.25, 0.3) is 0 Å². The highest BCUT2D eigenvalue weighted by atomic mass is 32.2. The van der Waals surface area contributed by atoms with Gasteiger partial charge in [-0.15, -0.1) is 0 Å². The smallest absolute Gasteiger partial charge is 0.248 e. The van der Waals surface area contributed by atoms with E-state index in [1.807, 2.05) is 0 Å². The van der Waals surface area contributed by atoms with E-state index in [0.29, 0.717) is 13.1 Å².